The van der Waals surface area contributed by atoms with Gasteiger partial charge in [-0.25, -0.2) is 9.18 Å². The van der Waals surface area contributed by atoms with Crippen LogP contribution in [0.3, 0.4) is 0 Å². The lowest BCUT2D eigenvalue weighted by atomic mass is 9.95. The highest BCUT2D eigenvalue weighted by atomic mass is 19.1. The van der Waals surface area contributed by atoms with E-state index in [1.807, 2.05) is 20.9 Å². The number of aryl methyl sites for hydroxylation is 2. The first-order valence-electron chi connectivity index (χ1n) is 10.8. The molecule has 1 amide bonds. The maximum atomic E-state index is 15.0. The zero-order chi connectivity index (χ0) is 23.7. The number of hydrogen-bond donors (Lipinski definition) is 1. The van der Waals surface area contributed by atoms with Crippen LogP contribution < -0.4 is 14.4 Å². The topological polar surface area (TPSA) is 107 Å². The molecule has 5 heterocycles. The Kier molecular flexibility index (Phi) is 4.32. The van der Waals surface area contributed by atoms with Gasteiger partial charge in [-0.15, -0.1) is 10.2 Å². The van der Waals surface area contributed by atoms with Crippen molar-refractivity contribution >= 4 is 17.6 Å². The number of ether oxygens (including phenoxy) is 2. The summed E-state index contributed by atoms with van der Waals surface area (Å²) in [4.78, 5) is 13.5. The summed E-state index contributed by atoms with van der Waals surface area (Å²) >= 11 is 0. The van der Waals surface area contributed by atoms with Crippen LogP contribution in [0.2, 0.25) is 0 Å². The molecule has 0 spiro atoms. The van der Waals surface area contributed by atoms with E-state index in [9.17, 15) is 14.3 Å². The average molecular weight is 464 g/mol. The van der Waals surface area contributed by atoms with Crippen LogP contribution in [0.5, 0.6) is 11.5 Å². The van der Waals surface area contributed by atoms with Gasteiger partial charge in [0.15, 0.2) is 17.2 Å². The average Bonchev–Trinajstić information content (AvgIpc) is 3.50. The lowest BCUT2D eigenvalue weighted by molar-refractivity contribution is 0.200. The minimum absolute atomic E-state index is 0.196. The van der Waals surface area contributed by atoms with E-state index in [1.54, 1.807) is 21.2 Å². The Morgan fingerprint density at radius 3 is 2.68 bits per heavy atom. The predicted octanol–water partition coefficient (Wildman–Crippen LogP) is 3.44. The molecule has 1 N–H and O–H groups in total. The van der Waals surface area contributed by atoms with Gasteiger partial charge in [0.25, 0.3) is 0 Å². The van der Waals surface area contributed by atoms with E-state index in [-0.39, 0.29) is 30.5 Å². The third kappa shape index (κ3) is 2.79. The number of hydrogen-bond acceptors (Lipinski definition) is 6. The van der Waals surface area contributed by atoms with E-state index in [4.69, 9.17) is 9.47 Å². The largest absolute Gasteiger partial charge is 0.493 e. The van der Waals surface area contributed by atoms with Crippen molar-refractivity contribution in [3.05, 3.63) is 52.9 Å². The number of carbonyl (C=O) groups is 1. The van der Waals surface area contributed by atoms with Crippen molar-refractivity contribution in [3.63, 3.8) is 0 Å². The summed E-state index contributed by atoms with van der Waals surface area (Å²) in [5.74, 6) is 0.381. The third-order valence-electron chi connectivity index (χ3n) is 6.64. The Morgan fingerprint density at radius 1 is 1.21 bits per heavy atom. The van der Waals surface area contributed by atoms with Crippen molar-refractivity contribution in [2.45, 2.75) is 26.3 Å². The molecule has 0 radical (unpaired) electrons. The number of anilines is 1. The fraction of sp³-hybridized carbons (Fsp3) is 0.304. The zero-order valence-electron chi connectivity index (χ0n) is 18.7. The Bertz CT molecular complexity index is 1490. The van der Waals surface area contributed by atoms with Gasteiger partial charge in [-0.1, -0.05) is 0 Å². The van der Waals surface area contributed by atoms with Crippen LogP contribution >= 0.6 is 0 Å². The third-order valence-corrected chi connectivity index (χ3v) is 6.64. The maximum Gasteiger partial charge on any atom is 0.413 e. The lowest BCUT2D eigenvalue weighted by Crippen LogP contribution is -2.31. The van der Waals surface area contributed by atoms with Gasteiger partial charge in [-0.05, 0) is 32.0 Å². The fourth-order valence-electron chi connectivity index (χ4n) is 5.01. The van der Waals surface area contributed by atoms with E-state index in [0.717, 1.165) is 27.4 Å². The molecule has 0 aliphatic carbocycles. The second-order valence-corrected chi connectivity index (χ2v) is 8.57. The SMILES string of the molecule is Cc1nn(C)c(C)c1-c1cc2c(n3cnnc13)N(C(=O)O)Cc1c(F)ccc3c1[C@@H](CO3)CO2. The minimum Gasteiger partial charge on any atom is -0.493 e. The number of fused-ring (bicyclic) bond motifs is 3. The standard InChI is InChI=1S/C23H21FN6O4/c1-11-19(12(2)28(3)27-11)14-6-18-22(30-10-25-26-21(14)30)29(23(31)32)7-15-16(24)4-5-17-20(15)13(8-33-17)9-34-18/h4-6,10,13H,7-9H2,1-3H3,(H,31,32)/t13-/m0/s1. The van der Waals surface area contributed by atoms with E-state index in [0.29, 0.717) is 29.3 Å². The molecule has 1 aromatic carbocycles. The van der Waals surface area contributed by atoms with Crippen LogP contribution in [0, 0.1) is 19.7 Å². The summed E-state index contributed by atoms with van der Waals surface area (Å²) in [6.07, 6.45) is 0.187. The van der Waals surface area contributed by atoms with Gasteiger partial charge in [0.05, 0.1) is 31.4 Å². The van der Waals surface area contributed by atoms with Crippen molar-refractivity contribution in [2.24, 2.45) is 7.05 Å². The molecule has 0 saturated carbocycles. The monoisotopic (exact) mass is 464 g/mol. The number of benzene rings is 1. The molecule has 0 saturated heterocycles. The van der Waals surface area contributed by atoms with Crippen molar-refractivity contribution in [1.82, 2.24) is 24.4 Å². The van der Waals surface area contributed by atoms with E-state index in [2.05, 4.69) is 15.3 Å². The smallest absolute Gasteiger partial charge is 0.413 e. The van der Waals surface area contributed by atoms with Gasteiger partial charge in [-0.2, -0.15) is 5.10 Å². The first-order chi connectivity index (χ1) is 16.3. The fourth-order valence-corrected chi connectivity index (χ4v) is 5.01. The normalized spacial score (nSPS) is 16.8. The Balaban J connectivity index is 1.63. The molecule has 10 nitrogen and oxygen atoms in total. The minimum atomic E-state index is -1.25. The summed E-state index contributed by atoms with van der Waals surface area (Å²) in [6.45, 7) is 4.17. The summed E-state index contributed by atoms with van der Waals surface area (Å²) < 4.78 is 30.3. The highest BCUT2D eigenvalue weighted by Crippen LogP contribution is 2.44. The van der Waals surface area contributed by atoms with Crippen LogP contribution in [-0.2, 0) is 13.6 Å². The molecule has 0 fully saturated rings. The lowest BCUT2D eigenvalue weighted by Gasteiger charge is -2.24. The van der Waals surface area contributed by atoms with Crippen molar-refractivity contribution in [2.75, 3.05) is 18.1 Å². The van der Waals surface area contributed by atoms with E-state index in [1.165, 1.54) is 12.4 Å². The first kappa shape index (κ1) is 20.5. The van der Waals surface area contributed by atoms with Crippen LogP contribution in [0.25, 0.3) is 16.8 Å². The summed E-state index contributed by atoms with van der Waals surface area (Å²) in [5, 5.41) is 23.0. The van der Waals surface area contributed by atoms with Gasteiger partial charge in [0.2, 0.25) is 0 Å². The number of pyridine rings is 1. The maximum absolute atomic E-state index is 15.0. The number of amides is 1. The molecule has 6 rings (SSSR count). The van der Waals surface area contributed by atoms with Gasteiger partial charge in [0.1, 0.15) is 17.9 Å². The van der Waals surface area contributed by atoms with Crippen molar-refractivity contribution in [3.8, 4) is 22.6 Å². The first-order valence-corrected chi connectivity index (χ1v) is 10.8. The van der Waals surface area contributed by atoms with Gasteiger partial charge >= 0.3 is 6.09 Å². The Hall–Kier alpha value is -4.15. The van der Waals surface area contributed by atoms with Crippen LogP contribution in [-0.4, -0.2) is 48.8 Å². The van der Waals surface area contributed by atoms with Crippen LogP contribution in [0.15, 0.2) is 24.5 Å². The number of rotatable bonds is 1. The van der Waals surface area contributed by atoms with E-state index >= 15 is 0 Å². The molecule has 11 heteroatoms. The number of carboxylic acid groups (broad SMARTS) is 1. The molecule has 1 atom stereocenters. The van der Waals surface area contributed by atoms with Gasteiger partial charge in [-0.3, -0.25) is 14.0 Å². The Labute approximate surface area is 193 Å². The van der Waals surface area contributed by atoms with Gasteiger partial charge < -0.3 is 14.6 Å². The quantitative estimate of drug-likeness (QED) is 0.460. The van der Waals surface area contributed by atoms with Crippen LogP contribution in [0.1, 0.15) is 28.4 Å². The second-order valence-electron chi connectivity index (χ2n) is 8.57. The number of halogens is 1. The molecular weight excluding hydrogens is 443 g/mol. The molecule has 34 heavy (non-hydrogen) atoms. The molecule has 0 unspecified atom stereocenters. The van der Waals surface area contributed by atoms with Crippen molar-refractivity contribution in [1.29, 1.82) is 0 Å². The summed E-state index contributed by atoms with van der Waals surface area (Å²) in [5.41, 5.74) is 4.69. The summed E-state index contributed by atoms with van der Waals surface area (Å²) in [6, 6.07) is 4.66. The molecule has 4 aromatic rings. The van der Waals surface area contributed by atoms with Crippen LogP contribution in [0.4, 0.5) is 15.0 Å². The molecule has 174 valence electrons. The summed E-state index contributed by atoms with van der Waals surface area (Å²) in [7, 11) is 1.86. The predicted molar refractivity (Wildman–Crippen MR) is 119 cm³/mol. The molecule has 2 aliphatic heterocycles. The molecule has 2 aliphatic rings. The van der Waals surface area contributed by atoms with E-state index < -0.39 is 11.9 Å². The highest BCUT2D eigenvalue weighted by Gasteiger charge is 2.35. The van der Waals surface area contributed by atoms with Gasteiger partial charge in [0, 0.05) is 35.0 Å². The highest BCUT2D eigenvalue weighted by molar-refractivity contribution is 5.91. The molecule has 3 aromatic heterocycles. The molecular formula is C23H21FN6O4. The Morgan fingerprint density at radius 2 is 1.97 bits per heavy atom. The number of aromatic nitrogens is 5. The van der Waals surface area contributed by atoms with Crippen molar-refractivity contribution < 1.29 is 23.8 Å². The number of nitrogens with zero attached hydrogens (tertiary/aromatic N) is 6. The second kappa shape index (κ2) is 7.17. The molecule has 0 bridgehead atoms. The zero-order valence-corrected chi connectivity index (χ0v) is 18.7.